The summed E-state index contributed by atoms with van der Waals surface area (Å²) in [6, 6.07) is 8.15. The fourth-order valence-corrected chi connectivity index (χ4v) is 4.80. The summed E-state index contributed by atoms with van der Waals surface area (Å²) in [5, 5.41) is 0.777. The Labute approximate surface area is 150 Å². The number of aromatic amines is 1. The van der Waals surface area contributed by atoms with E-state index in [-0.39, 0.29) is 22.7 Å². The average molecular weight is 376 g/mol. The fraction of sp³-hybridized carbons (Fsp3) is 0.263. The van der Waals surface area contributed by atoms with Crippen LogP contribution in [0.5, 0.6) is 0 Å². The highest BCUT2D eigenvalue weighted by molar-refractivity contribution is 7.89. The Morgan fingerprint density at radius 2 is 1.81 bits per heavy atom. The van der Waals surface area contributed by atoms with E-state index in [1.165, 1.54) is 24.3 Å². The van der Waals surface area contributed by atoms with Gasteiger partial charge in [-0.2, -0.15) is 0 Å². The molecule has 26 heavy (non-hydrogen) atoms. The van der Waals surface area contributed by atoms with E-state index in [0.717, 1.165) is 35.4 Å². The van der Waals surface area contributed by atoms with Crippen LogP contribution < -0.4 is 4.72 Å². The Balaban J connectivity index is 1.61. The minimum absolute atomic E-state index is 0.0691. The molecule has 1 heterocycles. The second-order valence-corrected chi connectivity index (χ2v) is 8.64. The first-order valence-corrected chi connectivity index (χ1v) is 9.82. The molecule has 0 radical (unpaired) electrons. The lowest BCUT2D eigenvalue weighted by Gasteiger charge is -2.17. The van der Waals surface area contributed by atoms with Gasteiger partial charge in [0, 0.05) is 29.1 Å². The Morgan fingerprint density at radius 1 is 1.12 bits per heavy atom. The molecule has 1 fully saturated rings. The number of benzene rings is 2. The van der Waals surface area contributed by atoms with Gasteiger partial charge in [0.15, 0.2) is 0 Å². The number of halogens is 2. The van der Waals surface area contributed by atoms with Gasteiger partial charge in [-0.1, -0.05) is 0 Å². The van der Waals surface area contributed by atoms with Crippen molar-refractivity contribution in [1.29, 1.82) is 0 Å². The van der Waals surface area contributed by atoms with Crippen molar-refractivity contribution in [2.75, 3.05) is 6.54 Å². The van der Waals surface area contributed by atoms with Crippen molar-refractivity contribution < 1.29 is 17.2 Å². The SMILES string of the molecule is Cc1cc(F)ccc1S(=O)(=O)NCC1(c2c[nH]c3ccc(F)cc23)CC1. The monoisotopic (exact) mass is 376 g/mol. The lowest BCUT2D eigenvalue weighted by molar-refractivity contribution is 0.566. The Morgan fingerprint density at radius 3 is 2.50 bits per heavy atom. The first-order chi connectivity index (χ1) is 12.3. The molecule has 2 N–H and O–H groups in total. The van der Waals surface area contributed by atoms with Gasteiger partial charge in [-0.25, -0.2) is 21.9 Å². The molecule has 136 valence electrons. The molecule has 2 aromatic carbocycles. The summed E-state index contributed by atoms with van der Waals surface area (Å²) in [6.45, 7) is 1.78. The van der Waals surface area contributed by atoms with Crippen molar-refractivity contribution in [3.05, 3.63) is 65.4 Å². The molecule has 0 aliphatic heterocycles. The summed E-state index contributed by atoms with van der Waals surface area (Å²) >= 11 is 0. The van der Waals surface area contributed by atoms with Gasteiger partial charge in [-0.3, -0.25) is 0 Å². The smallest absolute Gasteiger partial charge is 0.240 e. The zero-order valence-corrected chi connectivity index (χ0v) is 15.0. The van der Waals surface area contributed by atoms with Gasteiger partial charge in [-0.15, -0.1) is 0 Å². The van der Waals surface area contributed by atoms with Gasteiger partial charge >= 0.3 is 0 Å². The van der Waals surface area contributed by atoms with E-state index in [0.29, 0.717) is 5.56 Å². The molecule has 3 aromatic rings. The van der Waals surface area contributed by atoms with Crippen LogP contribution >= 0.6 is 0 Å². The van der Waals surface area contributed by atoms with Crippen LogP contribution in [-0.4, -0.2) is 19.9 Å². The lowest BCUT2D eigenvalue weighted by Crippen LogP contribution is -2.32. The van der Waals surface area contributed by atoms with E-state index in [1.54, 1.807) is 13.0 Å². The molecule has 4 rings (SSSR count). The third kappa shape index (κ3) is 2.91. The topological polar surface area (TPSA) is 62.0 Å². The van der Waals surface area contributed by atoms with Crippen LogP contribution in [0, 0.1) is 18.6 Å². The predicted molar refractivity (Wildman–Crippen MR) is 95.5 cm³/mol. The highest BCUT2D eigenvalue weighted by atomic mass is 32.2. The minimum Gasteiger partial charge on any atom is -0.361 e. The first kappa shape index (κ1) is 17.2. The normalized spacial score (nSPS) is 16.1. The van der Waals surface area contributed by atoms with Crippen molar-refractivity contribution in [2.24, 2.45) is 0 Å². The first-order valence-electron chi connectivity index (χ1n) is 8.34. The van der Waals surface area contributed by atoms with Crippen LogP contribution in [0.25, 0.3) is 10.9 Å². The molecular formula is C19H18F2N2O2S. The van der Waals surface area contributed by atoms with Gasteiger partial charge in [-0.05, 0) is 67.3 Å². The number of aromatic nitrogens is 1. The average Bonchev–Trinajstić information content (AvgIpc) is 3.25. The van der Waals surface area contributed by atoms with E-state index in [9.17, 15) is 17.2 Å². The number of rotatable bonds is 5. The Bertz CT molecular complexity index is 1100. The number of nitrogens with one attached hydrogen (secondary N) is 2. The van der Waals surface area contributed by atoms with Crippen molar-refractivity contribution in [3.63, 3.8) is 0 Å². The number of fused-ring (bicyclic) bond motifs is 1. The van der Waals surface area contributed by atoms with Crippen LogP contribution in [0.4, 0.5) is 8.78 Å². The fourth-order valence-electron chi connectivity index (χ4n) is 3.45. The Kier molecular flexibility index (Phi) is 3.89. The van der Waals surface area contributed by atoms with E-state index in [2.05, 4.69) is 9.71 Å². The maximum absolute atomic E-state index is 13.6. The number of sulfonamides is 1. The molecule has 1 aromatic heterocycles. The zero-order valence-electron chi connectivity index (χ0n) is 14.1. The summed E-state index contributed by atoms with van der Waals surface area (Å²) in [5.41, 5.74) is 1.76. The highest BCUT2D eigenvalue weighted by Crippen LogP contribution is 2.50. The van der Waals surface area contributed by atoms with E-state index in [1.807, 2.05) is 6.20 Å². The molecule has 0 atom stereocenters. The molecule has 0 bridgehead atoms. The van der Waals surface area contributed by atoms with E-state index >= 15 is 0 Å². The van der Waals surface area contributed by atoms with Crippen LogP contribution in [0.1, 0.15) is 24.0 Å². The van der Waals surface area contributed by atoms with Crippen LogP contribution in [0.2, 0.25) is 0 Å². The molecule has 7 heteroatoms. The highest BCUT2D eigenvalue weighted by Gasteiger charge is 2.46. The summed E-state index contributed by atoms with van der Waals surface area (Å²) in [4.78, 5) is 3.19. The van der Waals surface area contributed by atoms with Gasteiger partial charge in [0.1, 0.15) is 11.6 Å². The second-order valence-electron chi connectivity index (χ2n) is 6.91. The zero-order chi connectivity index (χ0) is 18.5. The third-order valence-corrected chi connectivity index (χ3v) is 6.66. The van der Waals surface area contributed by atoms with Crippen molar-refractivity contribution >= 4 is 20.9 Å². The molecule has 1 saturated carbocycles. The van der Waals surface area contributed by atoms with Crippen LogP contribution in [0.15, 0.2) is 47.5 Å². The molecule has 1 aliphatic rings. The number of hydrogen-bond acceptors (Lipinski definition) is 2. The van der Waals surface area contributed by atoms with E-state index in [4.69, 9.17) is 0 Å². The third-order valence-electron chi connectivity index (χ3n) is 5.10. The maximum Gasteiger partial charge on any atom is 0.240 e. The number of hydrogen-bond donors (Lipinski definition) is 2. The summed E-state index contributed by atoms with van der Waals surface area (Å²) in [5.74, 6) is -0.794. The van der Waals surface area contributed by atoms with Crippen LogP contribution in [-0.2, 0) is 15.4 Å². The van der Waals surface area contributed by atoms with Crippen molar-refractivity contribution in [1.82, 2.24) is 9.71 Å². The molecular weight excluding hydrogens is 358 g/mol. The van der Waals surface area contributed by atoms with Crippen molar-refractivity contribution in [2.45, 2.75) is 30.1 Å². The summed E-state index contributed by atoms with van der Waals surface area (Å²) < 4.78 is 54.8. The minimum atomic E-state index is -3.75. The predicted octanol–water partition coefficient (Wildman–Crippen LogP) is 3.76. The number of H-pyrrole nitrogens is 1. The Hall–Kier alpha value is -2.25. The molecule has 0 amide bonds. The number of aryl methyl sites for hydroxylation is 1. The van der Waals surface area contributed by atoms with Gasteiger partial charge < -0.3 is 4.98 Å². The van der Waals surface area contributed by atoms with E-state index < -0.39 is 15.8 Å². The van der Waals surface area contributed by atoms with Gasteiger partial charge in [0.05, 0.1) is 4.90 Å². The lowest BCUT2D eigenvalue weighted by atomic mass is 9.96. The molecule has 0 unspecified atom stereocenters. The molecule has 0 saturated heterocycles. The van der Waals surface area contributed by atoms with Crippen LogP contribution in [0.3, 0.4) is 0 Å². The quantitative estimate of drug-likeness (QED) is 0.712. The van der Waals surface area contributed by atoms with Gasteiger partial charge in [0.2, 0.25) is 10.0 Å². The van der Waals surface area contributed by atoms with Gasteiger partial charge in [0.25, 0.3) is 0 Å². The maximum atomic E-state index is 13.6. The molecule has 4 nitrogen and oxygen atoms in total. The second kappa shape index (κ2) is 5.89. The molecule has 0 spiro atoms. The molecule has 1 aliphatic carbocycles. The van der Waals surface area contributed by atoms with Crippen molar-refractivity contribution in [3.8, 4) is 0 Å². The standard InChI is InChI=1S/C19H18F2N2O2S/c1-12-8-13(20)3-5-18(12)26(24,25)23-11-19(6-7-19)16-10-22-17-4-2-14(21)9-15(16)17/h2-5,8-10,22-23H,6-7,11H2,1H3. The summed E-state index contributed by atoms with van der Waals surface area (Å²) in [6.07, 6.45) is 3.47. The largest absolute Gasteiger partial charge is 0.361 e. The summed E-state index contributed by atoms with van der Waals surface area (Å²) in [7, 11) is -3.75.